The molecule has 26 heavy (non-hydrogen) atoms. The molecule has 0 unspecified atom stereocenters. The first-order chi connectivity index (χ1) is 12.8. The number of benzene rings is 1. The Morgan fingerprint density at radius 3 is 2.69 bits per heavy atom. The molecule has 136 valence electrons. The highest BCUT2D eigenvalue weighted by Gasteiger charge is 2.39. The zero-order valence-electron chi connectivity index (χ0n) is 14.8. The van der Waals surface area contributed by atoms with Gasteiger partial charge in [-0.3, -0.25) is 9.80 Å². The maximum atomic E-state index is 13.1. The average molecular weight is 352 g/mol. The zero-order chi connectivity index (χ0) is 17.5. The molecular formula is C21H24N2O3. The van der Waals surface area contributed by atoms with Gasteiger partial charge in [0.15, 0.2) is 0 Å². The standard InChI is InChI=1S/C21H24N2O3/c24-21(26-19-13-22-9-5-16(19)6-10-22)23-11-7-15-3-1-2-4-18(15)20(23)17-8-12-25-14-17/h1-4,8,12,14,16,19-20H,5-7,9-11,13H2/t19-,20-/m0/s1. The number of amides is 1. The molecule has 1 aromatic carbocycles. The molecule has 0 spiro atoms. The Hall–Kier alpha value is -2.27. The lowest BCUT2D eigenvalue weighted by Crippen LogP contribution is -2.53. The monoisotopic (exact) mass is 352 g/mol. The summed E-state index contributed by atoms with van der Waals surface area (Å²) in [5.74, 6) is 0.522. The van der Waals surface area contributed by atoms with Crippen molar-refractivity contribution in [2.24, 2.45) is 5.92 Å². The lowest BCUT2D eigenvalue weighted by molar-refractivity contribution is -0.0462. The second-order valence-electron chi connectivity index (χ2n) is 7.66. The van der Waals surface area contributed by atoms with E-state index in [1.165, 1.54) is 11.1 Å². The minimum Gasteiger partial charge on any atom is -0.472 e. The summed E-state index contributed by atoms with van der Waals surface area (Å²) in [6.45, 7) is 3.85. The minimum atomic E-state index is -0.190. The quantitative estimate of drug-likeness (QED) is 0.830. The Morgan fingerprint density at radius 2 is 1.96 bits per heavy atom. The van der Waals surface area contributed by atoms with Crippen LogP contribution in [0, 0.1) is 5.92 Å². The highest BCUT2D eigenvalue weighted by molar-refractivity contribution is 5.70. The molecule has 1 aromatic heterocycles. The molecule has 0 saturated carbocycles. The highest BCUT2D eigenvalue weighted by Crippen LogP contribution is 2.37. The van der Waals surface area contributed by atoms with Gasteiger partial charge in [-0.2, -0.15) is 0 Å². The highest BCUT2D eigenvalue weighted by atomic mass is 16.6. The fourth-order valence-electron chi connectivity index (χ4n) is 4.79. The van der Waals surface area contributed by atoms with Gasteiger partial charge in [0.2, 0.25) is 0 Å². The van der Waals surface area contributed by atoms with Crippen LogP contribution < -0.4 is 0 Å². The third-order valence-corrected chi connectivity index (χ3v) is 6.23. The number of carbonyl (C=O) groups excluding carboxylic acids is 1. The van der Waals surface area contributed by atoms with Crippen molar-refractivity contribution in [3.05, 3.63) is 59.5 Å². The third kappa shape index (κ3) is 2.71. The molecule has 6 rings (SSSR count). The summed E-state index contributed by atoms with van der Waals surface area (Å²) < 4.78 is 11.3. The van der Waals surface area contributed by atoms with Crippen LogP contribution in [0.15, 0.2) is 47.3 Å². The Kier molecular flexibility index (Phi) is 3.97. The first-order valence-corrected chi connectivity index (χ1v) is 9.59. The predicted octanol–water partition coefficient (Wildman–Crippen LogP) is 3.46. The van der Waals surface area contributed by atoms with Crippen LogP contribution >= 0.6 is 0 Å². The van der Waals surface area contributed by atoms with E-state index in [2.05, 4.69) is 23.1 Å². The van der Waals surface area contributed by atoms with E-state index >= 15 is 0 Å². The molecule has 4 aliphatic rings. The van der Waals surface area contributed by atoms with Gasteiger partial charge in [-0.05, 0) is 55.5 Å². The molecule has 2 aromatic rings. The first-order valence-electron chi connectivity index (χ1n) is 9.59. The number of fused-ring (bicyclic) bond motifs is 4. The maximum absolute atomic E-state index is 13.1. The topological polar surface area (TPSA) is 45.9 Å². The lowest BCUT2D eigenvalue weighted by atomic mass is 9.86. The van der Waals surface area contributed by atoms with Crippen molar-refractivity contribution >= 4 is 6.09 Å². The smallest absolute Gasteiger partial charge is 0.410 e. The molecule has 3 fully saturated rings. The molecule has 5 heteroatoms. The number of ether oxygens (including phenoxy) is 1. The Balaban J connectivity index is 1.41. The Labute approximate surface area is 153 Å². The molecule has 0 radical (unpaired) electrons. The summed E-state index contributed by atoms with van der Waals surface area (Å²) in [5.41, 5.74) is 3.47. The summed E-state index contributed by atoms with van der Waals surface area (Å²) in [4.78, 5) is 17.4. The van der Waals surface area contributed by atoms with Crippen LogP contribution in [-0.2, 0) is 11.2 Å². The molecule has 1 amide bonds. The number of furan rings is 1. The summed E-state index contributed by atoms with van der Waals surface area (Å²) in [6.07, 6.45) is 6.40. The second-order valence-corrected chi connectivity index (χ2v) is 7.66. The van der Waals surface area contributed by atoms with Crippen LogP contribution in [0.2, 0.25) is 0 Å². The second kappa shape index (κ2) is 6.47. The van der Waals surface area contributed by atoms with E-state index in [9.17, 15) is 4.79 Å². The van der Waals surface area contributed by atoms with E-state index in [0.717, 1.165) is 44.5 Å². The molecule has 2 bridgehead atoms. The number of nitrogens with zero attached hydrogens (tertiary/aromatic N) is 2. The molecule has 2 atom stereocenters. The van der Waals surface area contributed by atoms with Crippen LogP contribution in [0.1, 0.15) is 35.6 Å². The molecule has 0 N–H and O–H groups in total. The lowest BCUT2D eigenvalue weighted by Gasteiger charge is -2.45. The number of piperidine rings is 3. The van der Waals surface area contributed by atoms with Gasteiger partial charge in [0.05, 0.1) is 18.6 Å². The van der Waals surface area contributed by atoms with E-state index in [0.29, 0.717) is 12.5 Å². The summed E-state index contributed by atoms with van der Waals surface area (Å²) in [5, 5.41) is 0. The van der Waals surface area contributed by atoms with Crippen LogP contribution in [-0.4, -0.2) is 48.2 Å². The van der Waals surface area contributed by atoms with Crippen LogP contribution in [0.5, 0.6) is 0 Å². The normalized spacial score (nSPS) is 30.1. The number of rotatable bonds is 2. The van der Waals surface area contributed by atoms with E-state index < -0.39 is 0 Å². The van der Waals surface area contributed by atoms with Crippen molar-refractivity contribution in [2.45, 2.75) is 31.4 Å². The van der Waals surface area contributed by atoms with Crippen molar-refractivity contribution in [2.75, 3.05) is 26.2 Å². The first kappa shape index (κ1) is 15.9. The van der Waals surface area contributed by atoms with Crippen molar-refractivity contribution < 1.29 is 13.9 Å². The summed E-state index contributed by atoms with van der Waals surface area (Å²) >= 11 is 0. The van der Waals surface area contributed by atoms with Crippen molar-refractivity contribution in [3.8, 4) is 0 Å². The number of hydrogen-bond donors (Lipinski definition) is 0. The van der Waals surface area contributed by atoms with E-state index in [1.807, 2.05) is 17.0 Å². The Morgan fingerprint density at radius 1 is 1.12 bits per heavy atom. The molecular weight excluding hydrogens is 328 g/mol. The van der Waals surface area contributed by atoms with Crippen LogP contribution in [0.25, 0.3) is 0 Å². The van der Waals surface area contributed by atoms with Gasteiger partial charge < -0.3 is 9.15 Å². The van der Waals surface area contributed by atoms with Crippen LogP contribution in [0.4, 0.5) is 4.79 Å². The largest absolute Gasteiger partial charge is 0.472 e. The fraction of sp³-hybridized carbons (Fsp3) is 0.476. The van der Waals surface area contributed by atoms with Crippen molar-refractivity contribution in [1.82, 2.24) is 9.80 Å². The third-order valence-electron chi connectivity index (χ3n) is 6.23. The predicted molar refractivity (Wildman–Crippen MR) is 96.8 cm³/mol. The number of carbonyl (C=O) groups is 1. The van der Waals surface area contributed by atoms with Gasteiger partial charge in [-0.15, -0.1) is 0 Å². The minimum absolute atomic E-state index is 0.0344. The fourth-order valence-corrected chi connectivity index (χ4v) is 4.79. The van der Waals surface area contributed by atoms with E-state index in [4.69, 9.17) is 9.15 Å². The van der Waals surface area contributed by atoms with E-state index in [1.54, 1.807) is 12.5 Å². The van der Waals surface area contributed by atoms with Crippen molar-refractivity contribution in [3.63, 3.8) is 0 Å². The van der Waals surface area contributed by atoms with Gasteiger partial charge in [-0.25, -0.2) is 4.79 Å². The summed E-state index contributed by atoms with van der Waals surface area (Å²) in [7, 11) is 0. The van der Waals surface area contributed by atoms with Gasteiger partial charge in [0.25, 0.3) is 0 Å². The average Bonchev–Trinajstić information content (AvgIpc) is 3.22. The molecule has 3 saturated heterocycles. The molecule has 0 aliphatic carbocycles. The Bertz CT molecular complexity index is 780. The van der Waals surface area contributed by atoms with Gasteiger partial charge in [0, 0.05) is 18.7 Å². The van der Waals surface area contributed by atoms with Gasteiger partial charge >= 0.3 is 6.09 Å². The SMILES string of the molecule is O=C(O[C@H]1CN2CCC1CC2)N1CCc2ccccc2[C@@H]1c1ccoc1. The van der Waals surface area contributed by atoms with E-state index in [-0.39, 0.29) is 18.2 Å². The summed E-state index contributed by atoms with van der Waals surface area (Å²) in [6, 6.07) is 10.2. The zero-order valence-corrected chi connectivity index (χ0v) is 14.8. The van der Waals surface area contributed by atoms with Crippen LogP contribution in [0.3, 0.4) is 0 Å². The maximum Gasteiger partial charge on any atom is 0.410 e. The number of hydrogen-bond acceptors (Lipinski definition) is 4. The van der Waals surface area contributed by atoms with Gasteiger partial charge in [-0.1, -0.05) is 24.3 Å². The van der Waals surface area contributed by atoms with Crippen molar-refractivity contribution in [1.29, 1.82) is 0 Å². The molecule has 4 aliphatic heterocycles. The molecule has 5 nitrogen and oxygen atoms in total. The van der Waals surface area contributed by atoms with Gasteiger partial charge in [0.1, 0.15) is 6.10 Å². The molecule has 5 heterocycles.